The van der Waals surface area contributed by atoms with Gasteiger partial charge in [-0.1, -0.05) is 25.3 Å². The Hall–Kier alpha value is -0.300. The van der Waals surface area contributed by atoms with Crippen LogP contribution >= 0.6 is 0 Å². The zero-order valence-electron chi connectivity index (χ0n) is 10.5. The van der Waals surface area contributed by atoms with E-state index in [-0.39, 0.29) is 0 Å². The zero-order chi connectivity index (χ0) is 11.2. The van der Waals surface area contributed by atoms with E-state index in [9.17, 15) is 0 Å². The van der Waals surface area contributed by atoms with Crippen molar-refractivity contribution in [3.05, 3.63) is 12.7 Å². The van der Waals surface area contributed by atoms with Crippen LogP contribution in [-0.4, -0.2) is 12.7 Å². The summed E-state index contributed by atoms with van der Waals surface area (Å²) in [5.41, 5.74) is 0. The van der Waals surface area contributed by atoms with Crippen LogP contribution in [0.5, 0.6) is 0 Å². The van der Waals surface area contributed by atoms with Gasteiger partial charge < -0.3 is 4.74 Å². The molecule has 2 rings (SSSR count). The van der Waals surface area contributed by atoms with E-state index in [4.69, 9.17) is 4.74 Å². The maximum atomic E-state index is 6.07. The highest BCUT2D eigenvalue weighted by atomic mass is 16.5. The van der Waals surface area contributed by atoms with Crippen LogP contribution in [0.4, 0.5) is 0 Å². The van der Waals surface area contributed by atoms with Gasteiger partial charge in [0.2, 0.25) is 0 Å². The third kappa shape index (κ3) is 3.62. The third-order valence-electron chi connectivity index (χ3n) is 4.34. The molecule has 0 aliphatic heterocycles. The molecule has 0 aromatic rings. The minimum atomic E-state index is 0.589. The van der Waals surface area contributed by atoms with E-state index in [0.29, 0.717) is 6.10 Å². The van der Waals surface area contributed by atoms with Crippen LogP contribution in [0.3, 0.4) is 0 Å². The first kappa shape index (κ1) is 12.2. The molecule has 2 saturated carbocycles. The summed E-state index contributed by atoms with van der Waals surface area (Å²) in [5.74, 6) is 1.61. The smallest absolute Gasteiger partial charge is 0.0575 e. The van der Waals surface area contributed by atoms with Gasteiger partial charge in [0, 0.05) is 6.61 Å². The molecule has 92 valence electrons. The van der Waals surface area contributed by atoms with Crippen LogP contribution in [-0.2, 0) is 4.74 Å². The van der Waals surface area contributed by atoms with Crippen molar-refractivity contribution in [1.82, 2.24) is 0 Å². The Labute approximate surface area is 100 Å². The van der Waals surface area contributed by atoms with Gasteiger partial charge in [-0.3, -0.25) is 0 Å². The standard InChI is InChI=1S/C15H26O/c1-2-13-8-10-14(11-9-13)12-16-15-6-4-3-5-7-15/h2,13-15H,1,3-12H2. The molecule has 0 saturated heterocycles. The fraction of sp³-hybridized carbons (Fsp3) is 0.867. The Morgan fingerprint density at radius 1 is 0.938 bits per heavy atom. The summed E-state index contributed by atoms with van der Waals surface area (Å²) in [7, 11) is 0. The highest BCUT2D eigenvalue weighted by Crippen LogP contribution is 2.30. The van der Waals surface area contributed by atoms with E-state index in [0.717, 1.165) is 18.4 Å². The van der Waals surface area contributed by atoms with Crippen LogP contribution in [0, 0.1) is 11.8 Å². The Balaban J connectivity index is 1.61. The highest BCUT2D eigenvalue weighted by molar-refractivity contribution is 4.84. The van der Waals surface area contributed by atoms with E-state index in [2.05, 4.69) is 12.7 Å². The van der Waals surface area contributed by atoms with Gasteiger partial charge in [-0.15, -0.1) is 6.58 Å². The molecule has 0 unspecified atom stereocenters. The first-order valence-corrected chi connectivity index (χ1v) is 7.12. The molecule has 1 nitrogen and oxygen atoms in total. The lowest BCUT2D eigenvalue weighted by Crippen LogP contribution is -2.23. The Morgan fingerprint density at radius 3 is 2.25 bits per heavy atom. The lowest BCUT2D eigenvalue weighted by atomic mass is 9.82. The second-order valence-electron chi connectivity index (χ2n) is 5.61. The Kier molecular flexibility index (Phi) is 4.90. The molecule has 0 bridgehead atoms. The van der Waals surface area contributed by atoms with Gasteiger partial charge in [-0.05, 0) is 50.4 Å². The number of hydrogen-bond acceptors (Lipinski definition) is 1. The van der Waals surface area contributed by atoms with Crippen molar-refractivity contribution >= 4 is 0 Å². The number of rotatable bonds is 4. The van der Waals surface area contributed by atoms with Crippen LogP contribution in [0.1, 0.15) is 57.8 Å². The van der Waals surface area contributed by atoms with Gasteiger partial charge in [0.05, 0.1) is 6.10 Å². The van der Waals surface area contributed by atoms with Crippen molar-refractivity contribution in [3.8, 4) is 0 Å². The minimum absolute atomic E-state index is 0.589. The van der Waals surface area contributed by atoms with Gasteiger partial charge in [0.25, 0.3) is 0 Å². The average molecular weight is 222 g/mol. The molecular formula is C15H26O. The Bertz CT molecular complexity index is 197. The van der Waals surface area contributed by atoms with Crippen molar-refractivity contribution in [3.63, 3.8) is 0 Å². The van der Waals surface area contributed by atoms with Crippen molar-refractivity contribution in [2.24, 2.45) is 11.8 Å². The first-order chi connectivity index (χ1) is 7.88. The van der Waals surface area contributed by atoms with Gasteiger partial charge in [-0.2, -0.15) is 0 Å². The molecule has 0 amide bonds. The van der Waals surface area contributed by atoms with Crippen molar-refractivity contribution in [2.45, 2.75) is 63.9 Å². The molecule has 0 radical (unpaired) electrons. The van der Waals surface area contributed by atoms with Crippen LogP contribution < -0.4 is 0 Å². The molecule has 0 aromatic heterocycles. The zero-order valence-corrected chi connectivity index (χ0v) is 10.5. The molecular weight excluding hydrogens is 196 g/mol. The molecule has 0 atom stereocenters. The predicted octanol–water partition coefficient (Wildman–Crippen LogP) is 4.33. The fourth-order valence-corrected chi connectivity index (χ4v) is 3.09. The predicted molar refractivity (Wildman–Crippen MR) is 68.5 cm³/mol. The number of allylic oxidation sites excluding steroid dienone is 1. The minimum Gasteiger partial charge on any atom is -0.378 e. The summed E-state index contributed by atoms with van der Waals surface area (Å²) < 4.78 is 6.07. The first-order valence-electron chi connectivity index (χ1n) is 7.12. The molecule has 0 heterocycles. The monoisotopic (exact) mass is 222 g/mol. The van der Waals surface area contributed by atoms with Crippen LogP contribution in [0.15, 0.2) is 12.7 Å². The number of ether oxygens (including phenoxy) is 1. The number of hydrogen-bond donors (Lipinski definition) is 0. The SMILES string of the molecule is C=CC1CCC(COC2CCCCC2)CC1. The Morgan fingerprint density at radius 2 is 1.62 bits per heavy atom. The van der Waals surface area contributed by atoms with E-state index >= 15 is 0 Å². The summed E-state index contributed by atoms with van der Waals surface area (Å²) in [6.07, 6.45) is 14.9. The van der Waals surface area contributed by atoms with E-state index in [1.54, 1.807) is 0 Å². The summed E-state index contributed by atoms with van der Waals surface area (Å²) in [6.45, 7) is 4.92. The lowest BCUT2D eigenvalue weighted by Gasteiger charge is -2.29. The summed E-state index contributed by atoms with van der Waals surface area (Å²) in [4.78, 5) is 0. The van der Waals surface area contributed by atoms with Gasteiger partial charge in [-0.25, -0.2) is 0 Å². The highest BCUT2D eigenvalue weighted by Gasteiger charge is 2.21. The fourth-order valence-electron chi connectivity index (χ4n) is 3.09. The quantitative estimate of drug-likeness (QED) is 0.643. The van der Waals surface area contributed by atoms with E-state index in [1.807, 2.05) is 0 Å². The molecule has 2 aliphatic rings. The topological polar surface area (TPSA) is 9.23 Å². The van der Waals surface area contributed by atoms with Gasteiger partial charge >= 0.3 is 0 Å². The second-order valence-corrected chi connectivity index (χ2v) is 5.61. The molecule has 0 aromatic carbocycles. The van der Waals surface area contributed by atoms with E-state index in [1.165, 1.54) is 57.8 Å². The van der Waals surface area contributed by atoms with Gasteiger partial charge in [0.15, 0.2) is 0 Å². The normalized spacial score (nSPS) is 32.5. The summed E-state index contributed by atoms with van der Waals surface area (Å²) in [6, 6.07) is 0. The maximum absolute atomic E-state index is 6.07. The van der Waals surface area contributed by atoms with Crippen molar-refractivity contribution < 1.29 is 4.74 Å². The summed E-state index contributed by atoms with van der Waals surface area (Å²) in [5, 5.41) is 0. The maximum Gasteiger partial charge on any atom is 0.0575 e. The molecule has 2 aliphatic carbocycles. The lowest BCUT2D eigenvalue weighted by molar-refractivity contribution is -0.000529. The van der Waals surface area contributed by atoms with Crippen molar-refractivity contribution in [2.75, 3.05) is 6.61 Å². The van der Waals surface area contributed by atoms with Gasteiger partial charge in [0.1, 0.15) is 0 Å². The average Bonchev–Trinajstić information content (AvgIpc) is 2.38. The summed E-state index contributed by atoms with van der Waals surface area (Å²) >= 11 is 0. The molecule has 0 N–H and O–H groups in total. The largest absolute Gasteiger partial charge is 0.378 e. The third-order valence-corrected chi connectivity index (χ3v) is 4.34. The molecule has 0 spiro atoms. The second kappa shape index (κ2) is 6.44. The van der Waals surface area contributed by atoms with Crippen LogP contribution in [0.2, 0.25) is 0 Å². The van der Waals surface area contributed by atoms with E-state index < -0.39 is 0 Å². The molecule has 2 fully saturated rings. The van der Waals surface area contributed by atoms with Crippen LogP contribution in [0.25, 0.3) is 0 Å². The molecule has 16 heavy (non-hydrogen) atoms. The molecule has 1 heteroatoms. The van der Waals surface area contributed by atoms with Crippen molar-refractivity contribution in [1.29, 1.82) is 0 Å².